The highest BCUT2D eigenvalue weighted by atomic mass is 16.1. The van der Waals surface area contributed by atoms with E-state index in [-0.39, 0.29) is 0 Å². The Kier molecular flexibility index (Phi) is 2.44. The summed E-state index contributed by atoms with van der Waals surface area (Å²) in [6.07, 6.45) is 9.71. The maximum Gasteiger partial charge on any atom is 0.133 e. The van der Waals surface area contributed by atoms with Gasteiger partial charge in [-0.3, -0.25) is 4.79 Å². The fourth-order valence-corrected chi connectivity index (χ4v) is 3.29. The fraction of sp³-hybridized carbons (Fsp3) is 0.917. The van der Waals surface area contributed by atoms with Gasteiger partial charge in [0.25, 0.3) is 0 Å². The molecule has 2 saturated carbocycles. The molecule has 0 aromatic carbocycles. The van der Waals surface area contributed by atoms with Crippen molar-refractivity contribution in [3.8, 4) is 0 Å². The van der Waals surface area contributed by atoms with Crippen LogP contribution in [0.1, 0.15) is 58.3 Å². The van der Waals surface area contributed by atoms with Crippen LogP contribution in [0.2, 0.25) is 0 Å². The van der Waals surface area contributed by atoms with Crippen LogP contribution in [-0.4, -0.2) is 5.78 Å². The Bertz CT molecular complexity index is 203. The van der Waals surface area contributed by atoms with Crippen LogP contribution in [0.3, 0.4) is 0 Å². The van der Waals surface area contributed by atoms with E-state index in [1.165, 1.54) is 32.1 Å². The topological polar surface area (TPSA) is 17.1 Å². The smallest absolute Gasteiger partial charge is 0.133 e. The van der Waals surface area contributed by atoms with Gasteiger partial charge in [-0.2, -0.15) is 0 Å². The van der Waals surface area contributed by atoms with Gasteiger partial charge < -0.3 is 0 Å². The van der Waals surface area contributed by atoms with Crippen molar-refractivity contribution >= 4 is 5.78 Å². The zero-order valence-corrected chi connectivity index (χ0v) is 8.64. The first kappa shape index (κ1) is 9.23. The Morgan fingerprint density at radius 1 is 1.23 bits per heavy atom. The van der Waals surface area contributed by atoms with E-state index in [0.29, 0.717) is 11.2 Å². The lowest BCUT2D eigenvalue weighted by atomic mass is 9.66. The predicted molar refractivity (Wildman–Crippen MR) is 53.5 cm³/mol. The summed E-state index contributed by atoms with van der Waals surface area (Å²) in [4.78, 5) is 11.4. The zero-order chi connectivity index (χ0) is 9.31. The van der Waals surface area contributed by atoms with Gasteiger partial charge in [0.05, 0.1) is 0 Å². The zero-order valence-electron chi connectivity index (χ0n) is 8.64. The summed E-state index contributed by atoms with van der Waals surface area (Å²) in [5.74, 6) is 1.37. The highest BCUT2D eigenvalue weighted by molar-refractivity contribution is 5.79. The van der Waals surface area contributed by atoms with Gasteiger partial charge in [-0.05, 0) is 37.0 Å². The van der Waals surface area contributed by atoms with Crippen LogP contribution >= 0.6 is 0 Å². The molecule has 2 aliphatic carbocycles. The summed E-state index contributed by atoms with van der Waals surface area (Å²) in [5.41, 5.74) is 0.381. The molecule has 0 saturated heterocycles. The Morgan fingerprint density at radius 2 is 1.92 bits per heavy atom. The van der Waals surface area contributed by atoms with Gasteiger partial charge >= 0.3 is 0 Å². The average Bonchev–Trinajstić information content (AvgIpc) is 2.55. The molecule has 13 heavy (non-hydrogen) atoms. The molecule has 2 aliphatic rings. The number of hydrogen-bond donors (Lipinski definition) is 0. The fourth-order valence-electron chi connectivity index (χ4n) is 3.29. The van der Waals surface area contributed by atoms with E-state index in [1.54, 1.807) is 0 Å². The Hall–Kier alpha value is -0.330. The van der Waals surface area contributed by atoms with Crippen LogP contribution < -0.4 is 0 Å². The summed E-state index contributed by atoms with van der Waals surface area (Å²) < 4.78 is 0. The van der Waals surface area contributed by atoms with Crippen molar-refractivity contribution in [3.63, 3.8) is 0 Å². The third-order valence-electron chi connectivity index (χ3n) is 4.15. The van der Waals surface area contributed by atoms with E-state index in [0.717, 1.165) is 25.2 Å². The normalized spacial score (nSPS) is 36.8. The minimum absolute atomic E-state index is 0.381. The van der Waals surface area contributed by atoms with Gasteiger partial charge in [0, 0.05) is 12.8 Å². The summed E-state index contributed by atoms with van der Waals surface area (Å²) in [6.45, 7) is 2.35. The summed E-state index contributed by atoms with van der Waals surface area (Å²) in [6, 6.07) is 0. The molecular weight excluding hydrogens is 160 g/mol. The SMILES string of the molecule is C[C@@]1(C2CCCC2)CCCC(=O)C1. The minimum atomic E-state index is 0.381. The average molecular weight is 180 g/mol. The van der Waals surface area contributed by atoms with Gasteiger partial charge in [-0.15, -0.1) is 0 Å². The van der Waals surface area contributed by atoms with Crippen molar-refractivity contribution in [3.05, 3.63) is 0 Å². The molecule has 0 heterocycles. The molecule has 1 nitrogen and oxygen atoms in total. The third kappa shape index (κ3) is 1.79. The molecule has 0 bridgehead atoms. The lowest BCUT2D eigenvalue weighted by Gasteiger charge is -2.38. The highest BCUT2D eigenvalue weighted by Gasteiger charge is 2.39. The van der Waals surface area contributed by atoms with Crippen LogP contribution in [-0.2, 0) is 4.79 Å². The molecule has 0 aliphatic heterocycles. The minimum Gasteiger partial charge on any atom is -0.300 e. The van der Waals surface area contributed by atoms with Crippen molar-refractivity contribution in [1.29, 1.82) is 0 Å². The lowest BCUT2D eigenvalue weighted by molar-refractivity contribution is -0.124. The number of hydrogen-bond acceptors (Lipinski definition) is 1. The van der Waals surface area contributed by atoms with E-state index in [9.17, 15) is 4.79 Å². The van der Waals surface area contributed by atoms with Gasteiger partial charge in [0.15, 0.2) is 0 Å². The Balaban J connectivity index is 2.04. The second-order valence-corrected chi connectivity index (χ2v) is 5.20. The maximum absolute atomic E-state index is 11.4. The molecule has 2 fully saturated rings. The number of carbonyl (C=O) groups excluding carboxylic acids is 1. The molecule has 0 aromatic rings. The van der Waals surface area contributed by atoms with E-state index in [4.69, 9.17) is 0 Å². The van der Waals surface area contributed by atoms with Crippen molar-refractivity contribution in [1.82, 2.24) is 0 Å². The molecule has 0 amide bonds. The maximum atomic E-state index is 11.4. The first-order valence-electron chi connectivity index (χ1n) is 5.72. The summed E-state index contributed by atoms with van der Waals surface area (Å²) in [7, 11) is 0. The summed E-state index contributed by atoms with van der Waals surface area (Å²) >= 11 is 0. The van der Waals surface area contributed by atoms with Gasteiger partial charge in [-0.25, -0.2) is 0 Å². The number of rotatable bonds is 1. The van der Waals surface area contributed by atoms with E-state index >= 15 is 0 Å². The molecule has 1 heteroatoms. The van der Waals surface area contributed by atoms with E-state index in [2.05, 4.69) is 6.92 Å². The van der Waals surface area contributed by atoms with E-state index < -0.39 is 0 Å². The molecule has 0 aromatic heterocycles. The molecular formula is C12H20O. The molecule has 1 atom stereocenters. The highest BCUT2D eigenvalue weighted by Crippen LogP contribution is 2.47. The van der Waals surface area contributed by atoms with Gasteiger partial charge in [0.1, 0.15) is 5.78 Å². The number of carbonyl (C=O) groups is 1. The Morgan fingerprint density at radius 3 is 2.54 bits per heavy atom. The lowest BCUT2D eigenvalue weighted by Crippen LogP contribution is -2.32. The van der Waals surface area contributed by atoms with Crippen molar-refractivity contribution in [2.45, 2.75) is 58.3 Å². The van der Waals surface area contributed by atoms with Crippen LogP contribution in [0.25, 0.3) is 0 Å². The number of Topliss-reactive ketones (excluding diaryl/α,β-unsaturated/α-hetero) is 1. The van der Waals surface area contributed by atoms with Gasteiger partial charge in [-0.1, -0.05) is 19.8 Å². The first-order valence-corrected chi connectivity index (χ1v) is 5.72. The molecule has 0 unspecified atom stereocenters. The first-order chi connectivity index (χ1) is 6.21. The van der Waals surface area contributed by atoms with Crippen LogP contribution in [0.5, 0.6) is 0 Å². The molecule has 0 radical (unpaired) electrons. The summed E-state index contributed by atoms with van der Waals surface area (Å²) in [5, 5.41) is 0. The molecule has 0 spiro atoms. The predicted octanol–water partition coefficient (Wildman–Crippen LogP) is 3.33. The Labute approximate surface area is 80.9 Å². The molecule has 74 valence electrons. The second kappa shape index (κ2) is 3.43. The van der Waals surface area contributed by atoms with Crippen LogP contribution in [0.4, 0.5) is 0 Å². The monoisotopic (exact) mass is 180 g/mol. The van der Waals surface area contributed by atoms with Crippen molar-refractivity contribution in [2.24, 2.45) is 11.3 Å². The number of ketones is 1. The standard InChI is InChI=1S/C12H20O/c1-12(10-5-2-3-6-10)8-4-7-11(13)9-12/h10H,2-9H2,1H3/t12-/m1/s1. The van der Waals surface area contributed by atoms with Crippen LogP contribution in [0.15, 0.2) is 0 Å². The second-order valence-electron chi connectivity index (χ2n) is 5.20. The molecule has 2 rings (SSSR count). The van der Waals surface area contributed by atoms with Gasteiger partial charge in [0.2, 0.25) is 0 Å². The quantitative estimate of drug-likeness (QED) is 0.605. The largest absolute Gasteiger partial charge is 0.300 e. The van der Waals surface area contributed by atoms with Crippen molar-refractivity contribution < 1.29 is 4.79 Å². The molecule has 0 N–H and O–H groups in total. The van der Waals surface area contributed by atoms with Crippen molar-refractivity contribution in [2.75, 3.05) is 0 Å². The van der Waals surface area contributed by atoms with Crippen LogP contribution in [0, 0.1) is 11.3 Å². The third-order valence-corrected chi connectivity index (χ3v) is 4.15. The van der Waals surface area contributed by atoms with E-state index in [1.807, 2.05) is 0 Å².